The van der Waals surface area contributed by atoms with Gasteiger partial charge in [-0.15, -0.1) is 11.3 Å². The van der Waals surface area contributed by atoms with Gasteiger partial charge in [-0.05, 0) is 68.5 Å². The van der Waals surface area contributed by atoms with Gasteiger partial charge in [0.2, 0.25) is 5.91 Å². The summed E-state index contributed by atoms with van der Waals surface area (Å²) in [6.45, 7) is 2.96. The normalized spacial score (nSPS) is 17.2. The minimum absolute atomic E-state index is 0.0325. The van der Waals surface area contributed by atoms with Gasteiger partial charge in [0.15, 0.2) is 5.78 Å². The maximum Gasteiger partial charge on any atom is 0.264 e. The average molecular weight is 413 g/mol. The molecular formula is C22H24N2O4S. The number of hydrogen-bond acceptors (Lipinski definition) is 5. The van der Waals surface area contributed by atoms with Crippen LogP contribution >= 0.6 is 11.3 Å². The summed E-state index contributed by atoms with van der Waals surface area (Å²) >= 11 is 1.33. The second-order valence-electron chi connectivity index (χ2n) is 7.86. The zero-order valence-electron chi connectivity index (χ0n) is 16.3. The number of nitrogens with one attached hydrogen (secondary N) is 1. The van der Waals surface area contributed by atoms with E-state index in [0.717, 1.165) is 23.4 Å². The molecule has 0 bridgehead atoms. The molecule has 2 heterocycles. The van der Waals surface area contributed by atoms with Gasteiger partial charge in [-0.3, -0.25) is 14.4 Å². The third kappa shape index (κ3) is 4.34. The summed E-state index contributed by atoms with van der Waals surface area (Å²) in [6, 6.07) is 8.18. The van der Waals surface area contributed by atoms with E-state index in [9.17, 15) is 19.5 Å². The quantitative estimate of drug-likeness (QED) is 0.731. The van der Waals surface area contributed by atoms with Crippen molar-refractivity contribution in [3.63, 3.8) is 0 Å². The molecule has 0 radical (unpaired) electrons. The number of thiophene rings is 1. The van der Waals surface area contributed by atoms with E-state index in [1.807, 2.05) is 13.0 Å². The lowest BCUT2D eigenvalue weighted by Crippen LogP contribution is -2.40. The van der Waals surface area contributed by atoms with E-state index in [4.69, 9.17) is 0 Å². The number of likely N-dealkylation sites (tertiary alicyclic amines) is 1. The van der Waals surface area contributed by atoms with Crippen LogP contribution in [0, 0.1) is 18.8 Å². The van der Waals surface area contributed by atoms with Crippen LogP contribution in [0.5, 0.6) is 5.75 Å². The Kier molecular flexibility index (Phi) is 5.41. The first-order chi connectivity index (χ1) is 13.9. The van der Waals surface area contributed by atoms with Gasteiger partial charge in [0.1, 0.15) is 5.75 Å². The van der Waals surface area contributed by atoms with E-state index in [2.05, 4.69) is 5.32 Å². The largest absolute Gasteiger partial charge is 0.508 e. The van der Waals surface area contributed by atoms with Crippen LogP contribution in [0.25, 0.3) is 0 Å². The number of Topliss-reactive ketones (excluding diaryl/α,β-unsaturated/α-hetero) is 1. The minimum Gasteiger partial charge on any atom is -0.508 e. The smallest absolute Gasteiger partial charge is 0.264 e. The molecule has 1 aromatic heterocycles. The fraction of sp³-hybridized carbons (Fsp3) is 0.409. The van der Waals surface area contributed by atoms with E-state index in [0.29, 0.717) is 36.4 Å². The number of carbonyl (C=O) groups is 3. The van der Waals surface area contributed by atoms with Crippen LogP contribution in [0.15, 0.2) is 30.3 Å². The van der Waals surface area contributed by atoms with Crippen LogP contribution in [-0.4, -0.2) is 40.7 Å². The fourth-order valence-corrected chi connectivity index (χ4v) is 4.72. The summed E-state index contributed by atoms with van der Waals surface area (Å²) in [7, 11) is 0. The number of amides is 2. The molecule has 0 unspecified atom stereocenters. The monoisotopic (exact) mass is 412 g/mol. The van der Waals surface area contributed by atoms with E-state index < -0.39 is 0 Å². The van der Waals surface area contributed by atoms with E-state index in [1.165, 1.54) is 23.5 Å². The topological polar surface area (TPSA) is 86.7 Å². The van der Waals surface area contributed by atoms with E-state index in [1.54, 1.807) is 17.0 Å². The van der Waals surface area contributed by atoms with Gasteiger partial charge in [0, 0.05) is 30.5 Å². The minimum atomic E-state index is -0.110. The van der Waals surface area contributed by atoms with Crippen LogP contribution in [0.3, 0.4) is 0 Å². The number of aryl methyl sites for hydroxylation is 1. The molecule has 1 aliphatic carbocycles. The molecule has 7 heteroatoms. The molecule has 1 saturated heterocycles. The van der Waals surface area contributed by atoms with Crippen LogP contribution < -0.4 is 5.32 Å². The predicted molar refractivity (Wildman–Crippen MR) is 111 cm³/mol. The lowest BCUT2D eigenvalue weighted by Gasteiger charge is -2.31. The van der Waals surface area contributed by atoms with Crippen molar-refractivity contribution in [3.8, 4) is 5.75 Å². The number of benzene rings is 1. The first kappa shape index (κ1) is 19.6. The van der Waals surface area contributed by atoms with Crippen molar-refractivity contribution >= 4 is 33.9 Å². The summed E-state index contributed by atoms with van der Waals surface area (Å²) in [6.07, 6.45) is 3.14. The molecule has 0 spiro atoms. The highest BCUT2D eigenvalue weighted by Crippen LogP contribution is 2.34. The highest BCUT2D eigenvalue weighted by molar-refractivity contribution is 7.18. The predicted octanol–water partition coefficient (Wildman–Crippen LogP) is 3.85. The number of phenols is 1. The van der Waals surface area contributed by atoms with Gasteiger partial charge in [-0.25, -0.2) is 0 Å². The fourth-order valence-electron chi connectivity index (χ4n) is 3.67. The molecule has 0 atom stereocenters. The number of hydrogen-bond donors (Lipinski definition) is 2. The Hall–Kier alpha value is -2.67. The highest BCUT2D eigenvalue weighted by atomic mass is 32.1. The van der Waals surface area contributed by atoms with Crippen LogP contribution in [0.4, 0.5) is 5.00 Å². The van der Waals surface area contributed by atoms with Crippen molar-refractivity contribution in [1.82, 2.24) is 4.90 Å². The number of rotatable bonds is 5. The molecular weight excluding hydrogens is 388 g/mol. The number of anilines is 1. The Balaban J connectivity index is 1.36. The molecule has 152 valence electrons. The number of piperidine rings is 1. The molecule has 2 amide bonds. The third-order valence-corrected chi connectivity index (χ3v) is 6.75. The van der Waals surface area contributed by atoms with Crippen LogP contribution in [-0.2, 0) is 4.79 Å². The van der Waals surface area contributed by atoms with Gasteiger partial charge in [-0.1, -0.05) is 0 Å². The molecule has 29 heavy (non-hydrogen) atoms. The molecule has 6 nitrogen and oxygen atoms in total. The van der Waals surface area contributed by atoms with Gasteiger partial charge in [-0.2, -0.15) is 0 Å². The van der Waals surface area contributed by atoms with Gasteiger partial charge >= 0.3 is 0 Å². The molecule has 2 aromatic rings. The SMILES string of the molecule is Cc1cc(NC(=O)C2CC2)sc1C(=O)N1CCC(C(=O)c2ccc(O)cc2)CC1. The summed E-state index contributed by atoms with van der Waals surface area (Å²) in [5.41, 5.74) is 1.46. The van der Waals surface area contributed by atoms with Gasteiger partial charge in [0.05, 0.1) is 9.88 Å². The third-order valence-electron chi connectivity index (χ3n) is 5.61. The Morgan fingerprint density at radius 2 is 1.69 bits per heavy atom. The second-order valence-corrected chi connectivity index (χ2v) is 8.92. The average Bonchev–Trinajstić information content (AvgIpc) is 3.51. The van der Waals surface area contributed by atoms with E-state index in [-0.39, 0.29) is 35.2 Å². The number of carbonyl (C=O) groups excluding carboxylic acids is 3. The maximum atomic E-state index is 13.0. The van der Waals surface area contributed by atoms with Gasteiger partial charge < -0.3 is 15.3 Å². The first-order valence-corrected chi connectivity index (χ1v) is 10.8. The molecule has 1 aliphatic heterocycles. The van der Waals surface area contributed by atoms with Crippen molar-refractivity contribution in [2.24, 2.45) is 11.8 Å². The number of ketones is 1. The maximum absolute atomic E-state index is 13.0. The van der Waals surface area contributed by atoms with Crippen molar-refractivity contribution in [3.05, 3.63) is 46.3 Å². The molecule has 1 aromatic carbocycles. The van der Waals surface area contributed by atoms with Crippen LogP contribution in [0.1, 0.15) is 51.3 Å². The zero-order chi connectivity index (χ0) is 20.5. The Morgan fingerprint density at radius 1 is 1.03 bits per heavy atom. The highest BCUT2D eigenvalue weighted by Gasteiger charge is 2.32. The van der Waals surface area contributed by atoms with E-state index >= 15 is 0 Å². The van der Waals surface area contributed by atoms with Crippen molar-refractivity contribution in [2.45, 2.75) is 32.6 Å². The lowest BCUT2D eigenvalue weighted by molar-refractivity contribution is -0.117. The first-order valence-electron chi connectivity index (χ1n) is 9.96. The molecule has 2 aliphatic rings. The van der Waals surface area contributed by atoms with Crippen molar-refractivity contribution in [2.75, 3.05) is 18.4 Å². The zero-order valence-corrected chi connectivity index (χ0v) is 17.1. The molecule has 4 rings (SSSR count). The van der Waals surface area contributed by atoms with Crippen LogP contribution in [0.2, 0.25) is 0 Å². The Labute approximate surface area is 173 Å². The summed E-state index contributed by atoms with van der Waals surface area (Å²) < 4.78 is 0. The Bertz CT molecular complexity index is 938. The van der Waals surface area contributed by atoms with Crippen molar-refractivity contribution in [1.29, 1.82) is 0 Å². The number of nitrogens with zero attached hydrogens (tertiary/aromatic N) is 1. The summed E-state index contributed by atoms with van der Waals surface area (Å²) in [4.78, 5) is 40.0. The number of aromatic hydroxyl groups is 1. The number of phenolic OH excluding ortho intramolecular Hbond substituents is 1. The molecule has 1 saturated carbocycles. The van der Waals surface area contributed by atoms with Crippen molar-refractivity contribution < 1.29 is 19.5 Å². The summed E-state index contributed by atoms with van der Waals surface area (Å²) in [5, 5.41) is 13.0. The molecule has 2 fully saturated rings. The van der Waals surface area contributed by atoms with Gasteiger partial charge in [0.25, 0.3) is 5.91 Å². The Morgan fingerprint density at radius 3 is 2.31 bits per heavy atom. The summed E-state index contributed by atoms with van der Waals surface area (Å²) in [5.74, 6) is 0.229. The second kappa shape index (κ2) is 7.99. The molecule has 2 N–H and O–H groups in total. The lowest BCUT2D eigenvalue weighted by atomic mass is 9.89. The standard InChI is InChI=1S/C22H24N2O4S/c1-13-12-18(23-21(27)16-2-3-16)29-20(13)22(28)24-10-8-15(9-11-24)19(26)14-4-6-17(25)7-5-14/h4-7,12,15-16,25H,2-3,8-11H2,1H3,(H,23,27).